The van der Waals surface area contributed by atoms with Crippen molar-refractivity contribution in [1.29, 1.82) is 0 Å². The van der Waals surface area contributed by atoms with Crippen molar-refractivity contribution in [2.24, 2.45) is 0 Å². The summed E-state index contributed by atoms with van der Waals surface area (Å²) in [6.07, 6.45) is 1.92. The third-order valence-corrected chi connectivity index (χ3v) is 2.28. The number of methoxy groups -OCH3 is 3. The van der Waals surface area contributed by atoms with Gasteiger partial charge in [-0.1, -0.05) is 12.1 Å². The molecular weight excluding hydrogens is 192 g/mol. The largest absolute Gasteiger partial charge is 0.493 e. The maximum Gasteiger partial charge on any atom is 0.163 e. The van der Waals surface area contributed by atoms with Crippen LogP contribution in [0.15, 0.2) is 18.2 Å². The summed E-state index contributed by atoms with van der Waals surface area (Å²) in [5, 5.41) is 0. The average Bonchev–Trinajstić information content (AvgIpc) is 2.29. The van der Waals surface area contributed by atoms with Crippen LogP contribution in [0, 0.1) is 0 Å². The molecule has 0 atom stereocenters. The molecule has 15 heavy (non-hydrogen) atoms. The van der Waals surface area contributed by atoms with Crippen molar-refractivity contribution < 1.29 is 14.2 Å². The first kappa shape index (κ1) is 11.9. The Morgan fingerprint density at radius 3 is 2.47 bits per heavy atom. The fourth-order valence-electron chi connectivity index (χ4n) is 1.56. The van der Waals surface area contributed by atoms with Gasteiger partial charge in [0.15, 0.2) is 11.5 Å². The molecule has 0 heterocycles. The molecule has 0 bridgehead atoms. The number of hydrogen-bond acceptors (Lipinski definition) is 3. The minimum atomic E-state index is 0.764. The van der Waals surface area contributed by atoms with E-state index in [0.717, 1.165) is 36.5 Å². The summed E-state index contributed by atoms with van der Waals surface area (Å²) < 4.78 is 15.6. The quantitative estimate of drug-likeness (QED) is 0.674. The summed E-state index contributed by atoms with van der Waals surface area (Å²) in [5.74, 6) is 1.61. The summed E-state index contributed by atoms with van der Waals surface area (Å²) >= 11 is 0. The molecule has 0 aliphatic rings. The Bertz CT molecular complexity index is 297. The van der Waals surface area contributed by atoms with E-state index in [-0.39, 0.29) is 0 Å². The Morgan fingerprint density at radius 2 is 1.87 bits per heavy atom. The van der Waals surface area contributed by atoms with Gasteiger partial charge in [-0.3, -0.25) is 0 Å². The number of aryl methyl sites for hydroxylation is 1. The molecular formula is C12H18O3. The van der Waals surface area contributed by atoms with Gasteiger partial charge in [0.1, 0.15) is 0 Å². The lowest BCUT2D eigenvalue weighted by Gasteiger charge is -2.12. The third-order valence-electron chi connectivity index (χ3n) is 2.28. The molecule has 84 valence electrons. The van der Waals surface area contributed by atoms with E-state index in [1.165, 1.54) is 0 Å². The van der Waals surface area contributed by atoms with E-state index in [4.69, 9.17) is 14.2 Å². The van der Waals surface area contributed by atoms with E-state index < -0.39 is 0 Å². The molecule has 0 radical (unpaired) electrons. The molecule has 0 aliphatic carbocycles. The summed E-state index contributed by atoms with van der Waals surface area (Å²) in [6.45, 7) is 0.764. The third kappa shape index (κ3) is 3.13. The van der Waals surface area contributed by atoms with Crippen molar-refractivity contribution >= 4 is 0 Å². The summed E-state index contributed by atoms with van der Waals surface area (Å²) in [5.41, 5.74) is 1.16. The molecule has 0 amide bonds. The highest BCUT2D eigenvalue weighted by atomic mass is 16.5. The van der Waals surface area contributed by atoms with E-state index in [1.54, 1.807) is 21.3 Å². The van der Waals surface area contributed by atoms with Crippen molar-refractivity contribution in [3.05, 3.63) is 23.8 Å². The molecule has 0 saturated carbocycles. The van der Waals surface area contributed by atoms with E-state index in [1.807, 2.05) is 12.1 Å². The van der Waals surface area contributed by atoms with Gasteiger partial charge >= 0.3 is 0 Å². The van der Waals surface area contributed by atoms with E-state index >= 15 is 0 Å². The van der Waals surface area contributed by atoms with E-state index in [9.17, 15) is 0 Å². The molecule has 0 aliphatic heterocycles. The smallest absolute Gasteiger partial charge is 0.163 e. The minimum absolute atomic E-state index is 0.764. The van der Waals surface area contributed by atoms with Crippen LogP contribution in [0.25, 0.3) is 0 Å². The molecule has 0 aromatic heterocycles. The van der Waals surface area contributed by atoms with Gasteiger partial charge in [0, 0.05) is 13.7 Å². The summed E-state index contributed by atoms with van der Waals surface area (Å²) in [6, 6.07) is 5.93. The second kappa shape index (κ2) is 6.30. The van der Waals surface area contributed by atoms with E-state index in [0.29, 0.717) is 0 Å². The Labute approximate surface area is 91.0 Å². The van der Waals surface area contributed by atoms with Gasteiger partial charge in [-0.05, 0) is 24.5 Å². The monoisotopic (exact) mass is 210 g/mol. The van der Waals surface area contributed by atoms with Crippen LogP contribution in [0.4, 0.5) is 0 Å². The zero-order chi connectivity index (χ0) is 11.1. The highest BCUT2D eigenvalue weighted by molar-refractivity contribution is 5.46. The van der Waals surface area contributed by atoms with Crippen LogP contribution in [-0.2, 0) is 11.2 Å². The van der Waals surface area contributed by atoms with Crippen LogP contribution in [0.5, 0.6) is 11.5 Å². The first-order chi connectivity index (χ1) is 7.33. The van der Waals surface area contributed by atoms with Gasteiger partial charge in [0.25, 0.3) is 0 Å². The van der Waals surface area contributed by atoms with Gasteiger partial charge in [-0.25, -0.2) is 0 Å². The Morgan fingerprint density at radius 1 is 1.07 bits per heavy atom. The lowest BCUT2D eigenvalue weighted by molar-refractivity contribution is 0.195. The van der Waals surface area contributed by atoms with Crippen LogP contribution < -0.4 is 9.47 Å². The number of hydrogen-bond donors (Lipinski definition) is 0. The lowest BCUT2D eigenvalue weighted by atomic mass is 10.1. The highest BCUT2D eigenvalue weighted by Gasteiger charge is 2.08. The Kier molecular flexibility index (Phi) is 4.98. The van der Waals surface area contributed by atoms with Gasteiger partial charge in [0.05, 0.1) is 14.2 Å². The second-order valence-corrected chi connectivity index (χ2v) is 3.25. The fourth-order valence-corrected chi connectivity index (χ4v) is 1.56. The molecule has 0 saturated heterocycles. The predicted octanol–water partition coefficient (Wildman–Crippen LogP) is 2.28. The standard InChI is InChI=1S/C12H18O3/c1-13-9-5-7-10-6-4-8-11(14-2)12(10)15-3/h4,6,8H,5,7,9H2,1-3H3. The number of benzene rings is 1. The summed E-state index contributed by atoms with van der Waals surface area (Å²) in [4.78, 5) is 0. The van der Waals surface area contributed by atoms with Crippen molar-refractivity contribution in [3.8, 4) is 11.5 Å². The molecule has 3 nitrogen and oxygen atoms in total. The van der Waals surface area contributed by atoms with Gasteiger partial charge in [0.2, 0.25) is 0 Å². The number of ether oxygens (including phenoxy) is 3. The molecule has 1 aromatic carbocycles. The van der Waals surface area contributed by atoms with Crippen molar-refractivity contribution in [1.82, 2.24) is 0 Å². The van der Waals surface area contributed by atoms with Crippen molar-refractivity contribution in [2.75, 3.05) is 27.9 Å². The van der Waals surface area contributed by atoms with Crippen molar-refractivity contribution in [3.63, 3.8) is 0 Å². The van der Waals surface area contributed by atoms with E-state index in [2.05, 4.69) is 6.07 Å². The Balaban J connectivity index is 2.76. The maximum atomic E-state index is 5.33. The molecule has 1 aromatic rings. The fraction of sp³-hybridized carbons (Fsp3) is 0.500. The topological polar surface area (TPSA) is 27.7 Å². The molecule has 0 fully saturated rings. The average molecular weight is 210 g/mol. The predicted molar refractivity (Wildman–Crippen MR) is 59.7 cm³/mol. The van der Waals surface area contributed by atoms with Crippen molar-refractivity contribution in [2.45, 2.75) is 12.8 Å². The van der Waals surface area contributed by atoms with Crippen LogP contribution in [-0.4, -0.2) is 27.9 Å². The van der Waals surface area contributed by atoms with Crippen LogP contribution in [0.3, 0.4) is 0 Å². The van der Waals surface area contributed by atoms with Gasteiger partial charge < -0.3 is 14.2 Å². The minimum Gasteiger partial charge on any atom is -0.493 e. The van der Waals surface area contributed by atoms with Crippen LogP contribution >= 0.6 is 0 Å². The molecule has 0 N–H and O–H groups in total. The molecule has 0 spiro atoms. The SMILES string of the molecule is COCCCc1cccc(OC)c1OC. The first-order valence-electron chi connectivity index (χ1n) is 5.02. The lowest BCUT2D eigenvalue weighted by Crippen LogP contribution is -1.98. The molecule has 3 heteroatoms. The normalized spacial score (nSPS) is 10.1. The van der Waals surface area contributed by atoms with Crippen LogP contribution in [0.1, 0.15) is 12.0 Å². The highest BCUT2D eigenvalue weighted by Crippen LogP contribution is 2.31. The number of para-hydroxylation sites is 1. The van der Waals surface area contributed by atoms with Gasteiger partial charge in [-0.2, -0.15) is 0 Å². The van der Waals surface area contributed by atoms with Gasteiger partial charge in [-0.15, -0.1) is 0 Å². The Hall–Kier alpha value is -1.22. The molecule has 1 rings (SSSR count). The molecule has 0 unspecified atom stereocenters. The second-order valence-electron chi connectivity index (χ2n) is 3.25. The summed E-state index contributed by atoms with van der Waals surface area (Å²) in [7, 11) is 5.03. The maximum absolute atomic E-state index is 5.33. The van der Waals surface area contributed by atoms with Crippen LogP contribution in [0.2, 0.25) is 0 Å². The zero-order valence-electron chi connectivity index (χ0n) is 9.58. The first-order valence-corrected chi connectivity index (χ1v) is 5.02. The number of rotatable bonds is 6. The zero-order valence-corrected chi connectivity index (χ0v) is 9.58.